The van der Waals surface area contributed by atoms with Gasteiger partial charge in [-0.15, -0.1) is 11.3 Å². The van der Waals surface area contributed by atoms with Gasteiger partial charge in [-0.05, 0) is 49.1 Å². The molecular weight excluding hydrogens is 438 g/mol. The van der Waals surface area contributed by atoms with Gasteiger partial charge in [0.1, 0.15) is 17.4 Å². The minimum absolute atomic E-state index is 0.0961. The van der Waals surface area contributed by atoms with Crippen LogP contribution in [0.3, 0.4) is 0 Å². The van der Waals surface area contributed by atoms with Crippen LogP contribution in [0.5, 0.6) is 0 Å². The van der Waals surface area contributed by atoms with E-state index in [4.69, 9.17) is 0 Å². The SMILES string of the molecule is CC1CCN(C(=O)Cn2nc(C3CCCN(S(C)(=O)=O)C3)n(-c3cccs3)c2=O)CC1. The first-order valence-electron chi connectivity index (χ1n) is 10.7. The third kappa shape index (κ3) is 4.78. The van der Waals surface area contributed by atoms with Crippen molar-refractivity contribution in [3.63, 3.8) is 0 Å². The molecule has 0 spiro atoms. The summed E-state index contributed by atoms with van der Waals surface area (Å²) in [6.07, 6.45) is 4.59. The van der Waals surface area contributed by atoms with Crippen LogP contribution in [0.15, 0.2) is 22.3 Å². The normalized spacial score (nSPS) is 21.5. The van der Waals surface area contributed by atoms with Crippen LogP contribution >= 0.6 is 11.3 Å². The molecule has 2 fully saturated rings. The van der Waals surface area contributed by atoms with Crippen molar-refractivity contribution in [2.45, 2.75) is 45.1 Å². The Hall–Kier alpha value is -1.98. The zero-order valence-corrected chi connectivity index (χ0v) is 19.6. The molecule has 0 N–H and O–H groups in total. The van der Waals surface area contributed by atoms with Crippen LogP contribution in [-0.4, -0.2) is 70.3 Å². The molecule has 31 heavy (non-hydrogen) atoms. The maximum atomic E-state index is 13.2. The van der Waals surface area contributed by atoms with Gasteiger partial charge in [0.15, 0.2) is 0 Å². The van der Waals surface area contributed by atoms with Crippen molar-refractivity contribution in [3.8, 4) is 5.00 Å². The number of likely N-dealkylation sites (tertiary alicyclic amines) is 1. The van der Waals surface area contributed by atoms with E-state index in [2.05, 4.69) is 12.0 Å². The standard InChI is InChI=1S/C20H29N5O4S2/c1-15-7-10-22(11-8-15)17(26)14-24-20(27)25(18-6-4-12-30-18)19(21-24)16-5-3-9-23(13-16)31(2,28)29/h4,6,12,15-16H,3,5,7-11,13-14H2,1-2H3. The number of carbonyl (C=O) groups is 1. The summed E-state index contributed by atoms with van der Waals surface area (Å²) in [5, 5.41) is 7.17. The molecule has 1 unspecified atom stereocenters. The highest BCUT2D eigenvalue weighted by Gasteiger charge is 2.32. The first-order valence-corrected chi connectivity index (χ1v) is 13.4. The molecule has 1 amide bonds. The average Bonchev–Trinajstić information content (AvgIpc) is 3.36. The molecule has 4 rings (SSSR count). The number of nitrogens with zero attached hydrogens (tertiary/aromatic N) is 5. The third-order valence-corrected chi connectivity index (χ3v) is 8.35. The summed E-state index contributed by atoms with van der Waals surface area (Å²) in [6, 6.07) is 3.70. The number of hydrogen-bond acceptors (Lipinski definition) is 6. The predicted molar refractivity (Wildman–Crippen MR) is 119 cm³/mol. The number of amides is 1. The fraction of sp³-hybridized carbons (Fsp3) is 0.650. The molecule has 4 heterocycles. The van der Waals surface area contributed by atoms with Crippen LogP contribution < -0.4 is 5.69 Å². The van der Waals surface area contributed by atoms with Crippen LogP contribution in [0.25, 0.3) is 5.00 Å². The van der Waals surface area contributed by atoms with Crippen LogP contribution in [0.1, 0.15) is 44.3 Å². The first kappa shape index (κ1) is 22.2. The Morgan fingerprint density at radius 2 is 1.97 bits per heavy atom. The van der Waals surface area contributed by atoms with Crippen molar-refractivity contribution < 1.29 is 13.2 Å². The van der Waals surface area contributed by atoms with Crippen molar-refractivity contribution >= 4 is 27.3 Å². The van der Waals surface area contributed by atoms with Gasteiger partial charge in [0.05, 0.1) is 6.26 Å². The predicted octanol–water partition coefficient (Wildman–Crippen LogP) is 1.49. The monoisotopic (exact) mass is 467 g/mol. The Balaban J connectivity index is 1.64. The molecule has 11 heteroatoms. The molecule has 9 nitrogen and oxygen atoms in total. The summed E-state index contributed by atoms with van der Waals surface area (Å²) in [5.74, 6) is 0.838. The lowest BCUT2D eigenvalue weighted by atomic mass is 9.99. The highest BCUT2D eigenvalue weighted by atomic mass is 32.2. The Morgan fingerprint density at radius 3 is 2.61 bits per heavy atom. The summed E-state index contributed by atoms with van der Waals surface area (Å²) >= 11 is 1.42. The van der Waals surface area contributed by atoms with Crippen LogP contribution in [0, 0.1) is 5.92 Å². The highest BCUT2D eigenvalue weighted by Crippen LogP contribution is 2.28. The van der Waals surface area contributed by atoms with Crippen LogP contribution in [-0.2, 0) is 21.4 Å². The van der Waals surface area contributed by atoms with Gasteiger partial charge in [-0.25, -0.2) is 26.8 Å². The van der Waals surface area contributed by atoms with E-state index in [0.717, 1.165) is 24.3 Å². The van der Waals surface area contributed by atoms with Gasteiger partial charge < -0.3 is 4.90 Å². The largest absolute Gasteiger partial charge is 0.351 e. The van der Waals surface area contributed by atoms with Crippen molar-refractivity contribution in [1.29, 1.82) is 0 Å². The molecule has 0 aromatic carbocycles. The minimum Gasteiger partial charge on any atom is -0.341 e. The Kier molecular flexibility index (Phi) is 6.36. The van der Waals surface area contributed by atoms with Gasteiger partial charge in [0.25, 0.3) is 0 Å². The average molecular weight is 468 g/mol. The quantitative estimate of drug-likeness (QED) is 0.664. The number of carbonyl (C=O) groups excluding carboxylic acids is 1. The van der Waals surface area contributed by atoms with Gasteiger partial charge in [-0.1, -0.05) is 6.92 Å². The molecule has 2 aromatic rings. The molecule has 2 saturated heterocycles. The molecule has 0 radical (unpaired) electrons. The van der Waals surface area contributed by atoms with Crippen LogP contribution in [0.2, 0.25) is 0 Å². The Labute approximate surface area is 186 Å². The molecular formula is C20H29N5O4S2. The van der Waals surface area contributed by atoms with E-state index < -0.39 is 10.0 Å². The highest BCUT2D eigenvalue weighted by molar-refractivity contribution is 7.88. The summed E-state index contributed by atoms with van der Waals surface area (Å²) in [7, 11) is -3.32. The van der Waals surface area contributed by atoms with Gasteiger partial charge >= 0.3 is 5.69 Å². The second-order valence-corrected chi connectivity index (χ2v) is 11.5. The van der Waals surface area contributed by atoms with Crippen molar-refractivity contribution in [2.24, 2.45) is 5.92 Å². The second kappa shape index (κ2) is 8.87. The van der Waals surface area contributed by atoms with E-state index in [1.165, 1.54) is 26.6 Å². The zero-order chi connectivity index (χ0) is 22.2. The smallest absolute Gasteiger partial charge is 0.341 e. The lowest BCUT2D eigenvalue weighted by Gasteiger charge is -2.30. The van der Waals surface area contributed by atoms with Gasteiger partial charge in [-0.2, -0.15) is 5.10 Å². The van der Waals surface area contributed by atoms with E-state index in [-0.39, 0.29) is 24.1 Å². The van der Waals surface area contributed by atoms with Gasteiger partial charge in [-0.3, -0.25) is 4.79 Å². The molecule has 2 aliphatic rings. The Bertz CT molecular complexity index is 1080. The van der Waals surface area contributed by atoms with Crippen molar-refractivity contribution in [3.05, 3.63) is 33.8 Å². The summed E-state index contributed by atoms with van der Waals surface area (Å²) < 4.78 is 28.4. The number of thiophene rings is 1. The zero-order valence-electron chi connectivity index (χ0n) is 17.9. The van der Waals surface area contributed by atoms with E-state index in [1.807, 2.05) is 22.4 Å². The molecule has 2 aromatic heterocycles. The van der Waals surface area contributed by atoms with Crippen LogP contribution in [0.4, 0.5) is 0 Å². The fourth-order valence-corrected chi connectivity index (χ4v) is 5.98. The summed E-state index contributed by atoms with van der Waals surface area (Å²) in [4.78, 5) is 27.9. The third-order valence-electron chi connectivity index (χ3n) is 6.23. The number of sulfonamides is 1. The van der Waals surface area contributed by atoms with E-state index in [9.17, 15) is 18.0 Å². The molecule has 0 aliphatic carbocycles. The Morgan fingerprint density at radius 1 is 1.23 bits per heavy atom. The first-order chi connectivity index (χ1) is 14.7. The number of rotatable bonds is 5. The maximum absolute atomic E-state index is 13.2. The lowest BCUT2D eigenvalue weighted by molar-refractivity contribution is -0.133. The second-order valence-electron chi connectivity index (χ2n) is 8.61. The fourth-order valence-electron chi connectivity index (χ4n) is 4.34. The number of piperidine rings is 2. The maximum Gasteiger partial charge on any atom is 0.351 e. The lowest BCUT2D eigenvalue weighted by Crippen LogP contribution is -2.41. The van der Waals surface area contributed by atoms with E-state index in [1.54, 1.807) is 4.57 Å². The minimum atomic E-state index is -3.32. The number of aromatic nitrogens is 3. The van der Waals surface area contributed by atoms with E-state index in [0.29, 0.717) is 44.3 Å². The summed E-state index contributed by atoms with van der Waals surface area (Å²) in [6.45, 7) is 4.27. The summed E-state index contributed by atoms with van der Waals surface area (Å²) in [5.41, 5.74) is -0.354. The van der Waals surface area contributed by atoms with Crippen molar-refractivity contribution in [1.82, 2.24) is 23.6 Å². The molecule has 0 saturated carbocycles. The van der Waals surface area contributed by atoms with Gasteiger partial charge in [0, 0.05) is 32.1 Å². The molecule has 170 valence electrons. The molecule has 1 atom stereocenters. The van der Waals surface area contributed by atoms with E-state index >= 15 is 0 Å². The van der Waals surface area contributed by atoms with Gasteiger partial charge in [0.2, 0.25) is 15.9 Å². The topological polar surface area (TPSA) is 97.5 Å². The molecule has 0 bridgehead atoms. The molecule has 2 aliphatic heterocycles. The van der Waals surface area contributed by atoms with Crippen molar-refractivity contribution in [2.75, 3.05) is 32.4 Å². The number of hydrogen-bond donors (Lipinski definition) is 0.